The molecule has 0 spiro atoms. The topological polar surface area (TPSA) is 35.2 Å². The molecule has 0 aliphatic rings. The molecule has 0 amide bonds. The van der Waals surface area contributed by atoms with Crippen molar-refractivity contribution >= 4 is 11.6 Å². The van der Waals surface area contributed by atoms with E-state index in [9.17, 15) is 4.39 Å². The molecular formula is C15H15ClFNO. The van der Waals surface area contributed by atoms with Crippen LogP contribution in [0.2, 0.25) is 5.02 Å². The molecule has 2 N–H and O–H groups in total. The standard InChI is InChI=1S/C15H15ClFNO/c16-13-4-1-3-11(7-13)12(9-18)10-19-15-6-2-5-14(17)8-15/h1-8,12H,9-10,18H2. The second-order valence-corrected chi connectivity index (χ2v) is 4.69. The zero-order valence-electron chi connectivity index (χ0n) is 10.4. The zero-order valence-corrected chi connectivity index (χ0v) is 11.1. The maximum Gasteiger partial charge on any atom is 0.126 e. The molecule has 0 heterocycles. The van der Waals surface area contributed by atoms with Crippen molar-refractivity contribution in [3.05, 3.63) is 64.9 Å². The van der Waals surface area contributed by atoms with Crippen LogP contribution in [0.25, 0.3) is 0 Å². The smallest absolute Gasteiger partial charge is 0.126 e. The van der Waals surface area contributed by atoms with Gasteiger partial charge in [-0.25, -0.2) is 4.39 Å². The summed E-state index contributed by atoms with van der Waals surface area (Å²) in [5.41, 5.74) is 6.77. The van der Waals surface area contributed by atoms with Crippen LogP contribution in [0.15, 0.2) is 48.5 Å². The second kappa shape index (κ2) is 6.55. The minimum absolute atomic E-state index is 0.0296. The Morgan fingerprint density at radius 3 is 2.63 bits per heavy atom. The van der Waals surface area contributed by atoms with Crippen LogP contribution in [0.5, 0.6) is 5.75 Å². The van der Waals surface area contributed by atoms with Crippen molar-refractivity contribution in [1.29, 1.82) is 0 Å². The molecule has 0 aromatic heterocycles. The highest BCUT2D eigenvalue weighted by Crippen LogP contribution is 2.21. The summed E-state index contributed by atoms with van der Waals surface area (Å²) in [6, 6.07) is 13.6. The molecule has 19 heavy (non-hydrogen) atoms. The third kappa shape index (κ3) is 3.94. The molecule has 2 aromatic carbocycles. The number of hydrogen-bond acceptors (Lipinski definition) is 2. The van der Waals surface area contributed by atoms with Gasteiger partial charge in [0, 0.05) is 23.6 Å². The largest absolute Gasteiger partial charge is 0.493 e. The van der Waals surface area contributed by atoms with Crippen LogP contribution < -0.4 is 10.5 Å². The van der Waals surface area contributed by atoms with Gasteiger partial charge in [-0.1, -0.05) is 29.8 Å². The highest BCUT2D eigenvalue weighted by Gasteiger charge is 2.11. The van der Waals surface area contributed by atoms with E-state index < -0.39 is 0 Å². The highest BCUT2D eigenvalue weighted by molar-refractivity contribution is 6.30. The van der Waals surface area contributed by atoms with Gasteiger partial charge >= 0.3 is 0 Å². The Morgan fingerprint density at radius 2 is 1.95 bits per heavy atom. The summed E-state index contributed by atoms with van der Waals surface area (Å²) in [5, 5.41) is 0.668. The van der Waals surface area contributed by atoms with Crippen molar-refractivity contribution in [3.63, 3.8) is 0 Å². The predicted molar refractivity (Wildman–Crippen MR) is 75.1 cm³/mol. The Morgan fingerprint density at radius 1 is 1.16 bits per heavy atom. The molecule has 2 nitrogen and oxygen atoms in total. The van der Waals surface area contributed by atoms with Gasteiger partial charge in [-0.3, -0.25) is 0 Å². The average Bonchev–Trinajstić information content (AvgIpc) is 2.40. The highest BCUT2D eigenvalue weighted by atomic mass is 35.5. The van der Waals surface area contributed by atoms with Crippen molar-refractivity contribution in [2.24, 2.45) is 5.73 Å². The molecule has 2 rings (SSSR count). The van der Waals surface area contributed by atoms with Gasteiger partial charge < -0.3 is 10.5 Å². The van der Waals surface area contributed by atoms with E-state index in [0.717, 1.165) is 5.56 Å². The van der Waals surface area contributed by atoms with Gasteiger partial charge in [0.05, 0.1) is 6.61 Å². The van der Waals surface area contributed by atoms with Crippen LogP contribution in [0.3, 0.4) is 0 Å². The van der Waals surface area contributed by atoms with E-state index in [4.69, 9.17) is 22.1 Å². The van der Waals surface area contributed by atoms with Crippen LogP contribution in [0, 0.1) is 5.82 Å². The lowest BCUT2D eigenvalue weighted by Crippen LogP contribution is -2.19. The fraction of sp³-hybridized carbons (Fsp3) is 0.200. The summed E-state index contributed by atoms with van der Waals surface area (Å²) < 4.78 is 18.6. The summed E-state index contributed by atoms with van der Waals surface area (Å²) in [7, 11) is 0. The van der Waals surface area contributed by atoms with Crippen LogP contribution in [-0.4, -0.2) is 13.2 Å². The van der Waals surface area contributed by atoms with E-state index in [0.29, 0.717) is 23.9 Å². The average molecular weight is 280 g/mol. The lowest BCUT2D eigenvalue weighted by Gasteiger charge is -2.16. The first kappa shape index (κ1) is 13.8. The summed E-state index contributed by atoms with van der Waals surface area (Å²) in [4.78, 5) is 0. The number of ether oxygens (including phenoxy) is 1. The van der Waals surface area contributed by atoms with E-state index in [2.05, 4.69) is 0 Å². The summed E-state index contributed by atoms with van der Waals surface area (Å²) in [5.74, 6) is 0.215. The van der Waals surface area contributed by atoms with E-state index in [1.54, 1.807) is 12.1 Å². The molecule has 4 heteroatoms. The lowest BCUT2D eigenvalue weighted by atomic mass is 10.0. The molecule has 0 saturated carbocycles. The molecule has 2 aromatic rings. The zero-order chi connectivity index (χ0) is 13.7. The quantitative estimate of drug-likeness (QED) is 0.908. The summed E-state index contributed by atoms with van der Waals surface area (Å²) >= 11 is 5.95. The Bertz CT molecular complexity index is 547. The molecule has 1 atom stereocenters. The summed E-state index contributed by atoms with van der Waals surface area (Å²) in [6.45, 7) is 0.829. The van der Waals surface area contributed by atoms with Crippen molar-refractivity contribution in [2.75, 3.05) is 13.2 Å². The molecular weight excluding hydrogens is 265 g/mol. The monoisotopic (exact) mass is 279 g/mol. The number of hydrogen-bond donors (Lipinski definition) is 1. The van der Waals surface area contributed by atoms with Gasteiger partial charge in [0.1, 0.15) is 11.6 Å². The first-order valence-corrected chi connectivity index (χ1v) is 6.40. The SMILES string of the molecule is NCC(COc1cccc(F)c1)c1cccc(Cl)c1. The Kier molecular flexibility index (Phi) is 4.77. The number of nitrogens with two attached hydrogens (primary N) is 1. The van der Waals surface area contributed by atoms with E-state index in [-0.39, 0.29) is 11.7 Å². The van der Waals surface area contributed by atoms with Crippen molar-refractivity contribution in [2.45, 2.75) is 5.92 Å². The molecule has 0 fully saturated rings. The molecule has 0 bridgehead atoms. The van der Waals surface area contributed by atoms with Crippen LogP contribution in [0.4, 0.5) is 4.39 Å². The maximum absolute atomic E-state index is 13.0. The van der Waals surface area contributed by atoms with Gasteiger partial charge in [0.2, 0.25) is 0 Å². The van der Waals surface area contributed by atoms with Gasteiger partial charge in [0.25, 0.3) is 0 Å². The normalized spacial score (nSPS) is 12.2. The number of rotatable bonds is 5. The second-order valence-electron chi connectivity index (χ2n) is 4.26. The Balaban J connectivity index is 2.04. The van der Waals surface area contributed by atoms with Crippen LogP contribution in [0.1, 0.15) is 11.5 Å². The van der Waals surface area contributed by atoms with E-state index >= 15 is 0 Å². The van der Waals surface area contributed by atoms with E-state index in [1.807, 2.05) is 24.3 Å². The first-order valence-electron chi connectivity index (χ1n) is 6.03. The minimum atomic E-state index is -0.315. The number of benzene rings is 2. The Labute approximate surface area is 117 Å². The summed E-state index contributed by atoms with van der Waals surface area (Å²) in [6.07, 6.45) is 0. The van der Waals surface area contributed by atoms with Gasteiger partial charge in [-0.15, -0.1) is 0 Å². The van der Waals surface area contributed by atoms with Crippen molar-refractivity contribution in [3.8, 4) is 5.75 Å². The molecule has 0 aliphatic carbocycles. The van der Waals surface area contributed by atoms with Crippen LogP contribution >= 0.6 is 11.6 Å². The maximum atomic E-state index is 13.0. The molecule has 0 radical (unpaired) electrons. The van der Waals surface area contributed by atoms with Gasteiger partial charge in [-0.2, -0.15) is 0 Å². The molecule has 0 aliphatic heterocycles. The molecule has 1 unspecified atom stereocenters. The minimum Gasteiger partial charge on any atom is -0.493 e. The van der Waals surface area contributed by atoms with Gasteiger partial charge in [0.15, 0.2) is 0 Å². The third-order valence-corrected chi connectivity index (χ3v) is 3.09. The molecule has 0 saturated heterocycles. The molecule has 100 valence electrons. The van der Waals surface area contributed by atoms with E-state index in [1.165, 1.54) is 12.1 Å². The van der Waals surface area contributed by atoms with Crippen molar-refractivity contribution in [1.82, 2.24) is 0 Å². The lowest BCUT2D eigenvalue weighted by molar-refractivity contribution is 0.289. The fourth-order valence-corrected chi connectivity index (χ4v) is 2.01. The number of halogens is 2. The predicted octanol–water partition coefficient (Wildman–Crippen LogP) is 3.60. The van der Waals surface area contributed by atoms with Gasteiger partial charge in [-0.05, 0) is 29.8 Å². The first-order chi connectivity index (χ1) is 9.19. The van der Waals surface area contributed by atoms with Crippen LogP contribution in [-0.2, 0) is 0 Å². The third-order valence-electron chi connectivity index (χ3n) is 2.85. The Hall–Kier alpha value is -1.58. The fourth-order valence-electron chi connectivity index (χ4n) is 1.81. The van der Waals surface area contributed by atoms with Crippen molar-refractivity contribution < 1.29 is 9.13 Å².